The molecule has 2 rings (SSSR count). The van der Waals surface area contributed by atoms with Gasteiger partial charge in [-0.3, -0.25) is 0 Å². The van der Waals surface area contributed by atoms with Gasteiger partial charge >= 0.3 is 0 Å². The maximum atomic E-state index is 13.7. The molecule has 0 heterocycles. The average Bonchev–Trinajstić information content (AvgIpc) is 2.48. The molecule has 0 amide bonds. The normalized spacial score (nSPS) is 12.1. The molecule has 3 nitrogen and oxygen atoms in total. The van der Waals surface area contributed by atoms with E-state index in [1.807, 2.05) is 36.2 Å². The van der Waals surface area contributed by atoms with E-state index in [2.05, 4.69) is 0 Å². The molecule has 2 aromatic carbocycles. The zero-order chi connectivity index (χ0) is 15.6. The minimum absolute atomic E-state index is 0.308. The highest BCUT2D eigenvalue weighted by molar-refractivity contribution is 5.67. The van der Waals surface area contributed by atoms with Crippen LogP contribution in [-0.4, -0.2) is 19.3 Å². The van der Waals surface area contributed by atoms with E-state index in [9.17, 15) is 9.50 Å². The summed E-state index contributed by atoms with van der Waals surface area (Å²) in [6, 6.07) is 10.7. The van der Waals surface area contributed by atoms with Crippen molar-refractivity contribution in [1.82, 2.24) is 0 Å². The summed E-state index contributed by atoms with van der Waals surface area (Å²) < 4.78 is 18.9. The summed E-state index contributed by atoms with van der Waals surface area (Å²) in [7, 11) is 3.51. The van der Waals surface area contributed by atoms with Crippen LogP contribution in [0.3, 0.4) is 0 Å². The number of halogens is 1. The van der Waals surface area contributed by atoms with Gasteiger partial charge in [-0.15, -0.1) is 0 Å². The SMILES string of the molecule is COc1ccc(N(C)c2cc(C)c(F)cc2[C@H](C)O)cc1. The van der Waals surface area contributed by atoms with E-state index in [1.54, 1.807) is 27.0 Å². The number of aliphatic hydroxyl groups is 1. The maximum Gasteiger partial charge on any atom is 0.126 e. The number of hydrogen-bond acceptors (Lipinski definition) is 3. The van der Waals surface area contributed by atoms with Crippen molar-refractivity contribution >= 4 is 11.4 Å². The fraction of sp³-hybridized carbons (Fsp3) is 0.294. The first-order valence-electron chi connectivity index (χ1n) is 6.80. The third kappa shape index (κ3) is 3.16. The van der Waals surface area contributed by atoms with Crippen molar-refractivity contribution in [2.45, 2.75) is 20.0 Å². The van der Waals surface area contributed by atoms with Crippen LogP contribution in [0.4, 0.5) is 15.8 Å². The quantitative estimate of drug-likeness (QED) is 0.924. The fourth-order valence-corrected chi connectivity index (χ4v) is 2.25. The van der Waals surface area contributed by atoms with Crippen molar-refractivity contribution in [3.05, 3.63) is 53.3 Å². The fourth-order valence-electron chi connectivity index (χ4n) is 2.25. The maximum absolute atomic E-state index is 13.7. The summed E-state index contributed by atoms with van der Waals surface area (Å²) in [6.07, 6.45) is -0.740. The molecule has 2 aromatic rings. The Hall–Kier alpha value is -2.07. The lowest BCUT2D eigenvalue weighted by Crippen LogP contribution is -2.13. The van der Waals surface area contributed by atoms with Crippen LogP contribution in [0, 0.1) is 12.7 Å². The van der Waals surface area contributed by atoms with Crippen LogP contribution in [0.1, 0.15) is 24.2 Å². The van der Waals surface area contributed by atoms with E-state index in [0.717, 1.165) is 17.1 Å². The molecule has 0 bridgehead atoms. The van der Waals surface area contributed by atoms with Crippen LogP contribution in [0.25, 0.3) is 0 Å². The second-order valence-corrected chi connectivity index (χ2v) is 5.09. The molecular weight excluding hydrogens is 269 g/mol. The number of methoxy groups -OCH3 is 1. The second-order valence-electron chi connectivity index (χ2n) is 5.09. The molecule has 0 saturated carbocycles. The van der Waals surface area contributed by atoms with E-state index < -0.39 is 6.10 Å². The Labute approximate surface area is 124 Å². The van der Waals surface area contributed by atoms with Gasteiger partial charge in [0.2, 0.25) is 0 Å². The third-order valence-electron chi connectivity index (χ3n) is 3.58. The van der Waals surface area contributed by atoms with E-state index in [-0.39, 0.29) is 5.82 Å². The monoisotopic (exact) mass is 289 g/mol. The van der Waals surface area contributed by atoms with Crippen LogP contribution in [0.2, 0.25) is 0 Å². The highest BCUT2D eigenvalue weighted by atomic mass is 19.1. The predicted octanol–water partition coefficient (Wildman–Crippen LogP) is 3.96. The Morgan fingerprint density at radius 2 is 1.81 bits per heavy atom. The minimum Gasteiger partial charge on any atom is -0.497 e. The Morgan fingerprint density at radius 1 is 1.19 bits per heavy atom. The van der Waals surface area contributed by atoms with Crippen LogP contribution in [0.5, 0.6) is 5.75 Å². The molecule has 0 fully saturated rings. The highest BCUT2D eigenvalue weighted by Crippen LogP contribution is 2.33. The smallest absolute Gasteiger partial charge is 0.126 e. The topological polar surface area (TPSA) is 32.7 Å². The lowest BCUT2D eigenvalue weighted by atomic mass is 10.0. The molecular formula is C17H20FNO2. The average molecular weight is 289 g/mol. The van der Waals surface area contributed by atoms with Crippen LogP contribution < -0.4 is 9.64 Å². The first-order valence-corrected chi connectivity index (χ1v) is 6.80. The Balaban J connectivity index is 2.45. The number of aliphatic hydroxyl groups excluding tert-OH is 1. The first-order chi connectivity index (χ1) is 9.93. The van der Waals surface area contributed by atoms with E-state index in [1.165, 1.54) is 6.07 Å². The van der Waals surface area contributed by atoms with Crippen molar-refractivity contribution in [3.8, 4) is 5.75 Å². The number of ether oxygens (including phenoxy) is 1. The van der Waals surface area contributed by atoms with Gasteiger partial charge in [0.1, 0.15) is 11.6 Å². The number of aryl methyl sites for hydroxylation is 1. The van der Waals surface area contributed by atoms with Crippen LogP contribution in [-0.2, 0) is 0 Å². The van der Waals surface area contributed by atoms with Gasteiger partial charge in [0, 0.05) is 24.0 Å². The zero-order valence-corrected chi connectivity index (χ0v) is 12.7. The number of nitrogens with zero attached hydrogens (tertiary/aromatic N) is 1. The largest absolute Gasteiger partial charge is 0.497 e. The van der Waals surface area contributed by atoms with Gasteiger partial charge in [0.25, 0.3) is 0 Å². The Bertz CT molecular complexity index is 623. The molecule has 0 aromatic heterocycles. The number of benzene rings is 2. The standard InChI is InChI=1S/C17H20FNO2/c1-11-9-17(15(12(2)20)10-16(11)18)19(3)13-5-7-14(21-4)8-6-13/h5-10,12,20H,1-4H3/t12-/m0/s1. The molecule has 1 atom stereocenters. The molecule has 21 heavy (non-hydrogen) atoms. The van der Waals surface area contributed by atoms with Crippen LogP contribution >= 0.6 is 0 Å². The molecule has 4 heteroatoms. The van der Waals surface area contributed by atoms with Gasteiger partial charge in [0.15, 0.2) is 0 Å². The van der Waals surface area contributed by atoms with Crippen molar-refractivity contribution < 1.29 is 14.2 Å². The first kappa shape index (κ1) is 15.3. The number of anilines is 2. The molecule has 1 N–H and O–H groups in total. The molecule has 0 saturated heterocycles. The van der Waals surface area contributed by atoms with Crippen molar-refractivity contribution in [3.63, 3.8) is 0 Å². The van der Waals surface area contributed by atoms with Gasteiger partial charge in [0.05, 0.1) is 13.2 Å². The highest BCUT2D eigenvalue weighted by Gasteiger charge is 2.16. The van der Waals surface area contributed by atoms with Crippen LogP contribution in [0.15, 0.2) is 36.4 Å². The van der Waals surface area contributed by atoms with Gasteiger partial charge in [-0.1, -0.05) is 0 Å². The van der Waals surface area contributed by atoms with Gasteiger partial charge in [-0.25, -0.2) is 4.39 Å². The van der Waals surface area contributed by atoms with E-state index >= 15 is 0 Å². The van der Waals surface area contributed by atoms with Gasteiger partial charge in [-0.2, -0.15) is 0 Å². The molecule has 0 spiro atoms. The van der Waals surface area contributed by atoms with E-state index in [4.69, 9.17) is 4.74 Å². The summed E-state index contributed by atoms with van der Waals surface area (Å²) in [4.78, 5) is 1.92. The van der Waals surface area contributed by atoms with Gasteiger partial charge < -0.3 is 14.7 Å². The molecule has 0 aliphatic rings. The summed E-state index contributed by atoms with van der Waals surface area (Å²) >= 11 is 0. The molecule has 0 aliphatic carbocycles. The summed E-state index contributed by atoms with van der Waals surface area (Å²) in [5.74, 6) is 0.468. The molecule has 0 aliphatic heterocycles. The summed E-state index contributed by atoms with van der Waals surface area (Å²) in [5, 5.41) is 9.88. The minimum atomic E-state index is -0.740. The van der Waals surface area contributed by atoms with Crippen molar-refractivity contribution in [2.75, 3.05) is 19.1 Å². The lowest BCUT2D eigenvalue weighted by Gasteiger charge is -2.24. The Morgan fingerprint density at radius 3 is 2.33 bits per heavy atom. The Kier molecular flexibility index (Phi) is 4.48. The van der Waals surface area contributed by atoms with Crippen molar-refractivity contribution in [1.29, 1.82) is 0 Å². The summed E-state index contributed by atoms with van der Waals surface area (Å²) in [5.41, 5.74) is 2.84. The second kappa shape index (κ2) is 6.14. The van der Waals surface area contributed by atoms with Crippen molar-refractivity contribution in [2.24, 2.45) is 0 Å². The van der Waals surface area contributed by atoms with Gasteiger partial charge in [-0.05, 0) is 55.8 Å². The molecule has 0 unspecified atom stereocenters. The molecule has 112 valence electrons. The molecule has 0 radical (unpaired) electrons. The predicted molar refractivity (Wildman–Crippen MR) is 82.8 cm³/mol. The van der Waals surface area contributed by atoms with E-state index in [0.29, 0.717) is 11.1 Å². The number of hydrogen-bond donors (Lipinski definition) is 1. The number of rotatable bonds is 4. The zero-order valence-electron chi connectivity index (χ0n) is 12.7. The third-order valence-corrected chi connectivity index (χ3v) is 3.58. The lowest BCUT2D eigenvalue weighted by molar-refractivity contribution is 0.199. The summed E-state index contributed by atoms with van der Waals surface area (Å²) in [6.45, 7) is 3.35.